The summed E-state index contributed by atoms with van der Waals surface area (Å²) in [5, 5.41) is 2.69. The molecular weight excluding hydrogens is 375 g/mol. The summed E-state index contributed by atoms with van der Waals surface area (Å²) in [6, 6.07) is 11.9. The van der Waals surface area contributed by atoms with Crippen LogP contribution < -0.4 is 10.2 Å². The second-order valence-electron chi connectivity index (χ2n) is 5.84. The Morgan fingerprint density at radius 2 is 1.96 bits per heavy atom. The van der Waals surface area contributed by atoms with Gasteiger partial charge in [-0.05, 0) is 48.9 Å². The summed E-state index contributed by atoms with van der Waals surface area (Å²) in [4.78, 5) is 26.2. The second-order valence-corrected chi connectivity index (χ2v) is 6.75. The van der Waals surface area contributed by atoms with E-state index in [0.29, 0.717) is 17.8 Å². The first-order valence-corrected chi connectivity index (χ1v) is 8.36. The summed E-state index contributed by atoms with van der Waals surface area (Å²) in [7, 11) is 0. The summed E-state index contributed by atoms with van der Waals surface area (Å²) < 4.78 is 14.5. The lowest BCUT2D eigenvalue weighted by Gasteiger charge is -2.17. The van der Waals surface area contributed by atoms with Crippen molar-refractivity contribution in [2.45, 2.75) is 13.3 Å². The molecule has 2 amide bonds. The minimum Gasteiger partial charge on any atom is -0.326 e. The Kier molecular flexibility index (Phi) is 4.66. The number of rotatable bonds is 3. The Bertz CT molecular complexity index is 792. The van der Waals surface area contributed by atoms with E-state index in [2.05, 4.69) is 21.2 Å². The molecule has 1 fully saturated rings. The van der Waals surface area contributed by atoms with Crippen molar-refractivity contribution in [3.05, 3.63) is 58.3 Å². The first-order chi connectivity index (χ1) is 11.4. The monoisotopic (exact) mass is 390 g/mol. The van der Waals surface area contributed by atoms with Crippen LogP contribution in [0.3, 0.4) is 0 Å². The standard InChI is InChI=1S/C18H16BrFN2O2/c1-11-2-5-14(9-16(11)20)21-18(24)12-8-17(23)22(10-12)15-6-3-13(19)4-7-15/h2-7,9,12H,8,10H2,1H3,(H,21,24)/t12-/m1/s1. The van der Waals surface area contributed by atoms with Crippen LogP contribution in [0.15, 0.2) is 46.9 Å². The van der Waals surface area contributed by atoms with E-state index < -0.39 is 5.92 Å². The number of aryl methyl sites for hydroxylation is 1. The summed E-state index contributed by atoms with van der Waals surface area (Å²) in [6.45, 7) is 1.98. The quantitative estimate of drug-likeness (QED) is 0.863. The maximum Gasteiger partial charge on any atom is 0.229 e. The summed E-state index contributed by atoms with van der Waals surface area (Å²) in [5.74, 6) is -1.18. The van der Waals surface area contributed by atoms with Crippen molar-refractivity contribution in [1.82, 2.24) is 0 Å². The van der Waals surface area contributed by atoms with Crippen LogP contribution in [0.1, 0.15) is 12.0 Å². The van der Waals surface area contributed by atoms with E-state index in [9.17, 15) is 14.0 Å². The van der Waals surface area contributed by atoms with Crippen LogP contribution in [-0.2, 0) is 9.59 Å². The highest BCUT2D eigenvalue weighted by atomic mass is 79.9. The van der Waals surface area contributed by atoms with Crippen molar-refractivity contribution in [3.8, 4) is 0 Å². The normalized spacial score (nSPS) is 17.2. The van der Waals surface area contributed by atoms with Gasteiger partial charge in [0.25, 0.3) is 0 Å². The molecule has 0 radical (unpaired) electrons. The molecule has 1 aliphatic rings. The summed E-state index contributed by atoms with van der Waals surface area (Å²) in [6.07, 6.45) is 0.149. The number of anilines is 2. The minimum absolute atomic E-state index is 0.0902. The van der Waals surface area contributed by atoms with E-state index in [1.807, 2.05) is 24.3 Å². The van der Waals surface area contributed by atoms with E-state index in [1.165, 1.54) is 6.07 Å². The Morgan fingerprint density at radius 3 is 2.62 bits per heavy atom. The summed E-state index contributed by atoms with van der Waals surface area (Å²) in [5.41, 5.74) is 1.68. The van der Waals surface area contributed by atoms with Crippen molar-refractivity contribution in [1.29, 1.82) is 0 Å². The Balaban J connectivity index is 1.69. The Hall–Kier alpha value is -2.21. The molecular formula is C18H16BrFN2O2. The van der Waals surface area contributed by atoms with Crippen LogP contribution in [0, 0.1) is 18.7 Å². The minimum atomic E-state index is -0.453. The predicted molar refractivity (Wildman–Crippen MR) is 94.4 cm³/mol. The van der Waals surface area contributed by atoms with Crippen LogP contribution in [0.5, 0.6) is 0 Å². The molecule has 1 saturated heterocycles. The number of nitrogens with zero attached hydrogens (tertiary/aromatic N) is 1. The number of hydrogen-bond acceptors (Lipinski definition) is 2. The first-order valence-electron chi connectivity index (χ1n) is 7.57. The van der Waals surface area contributed by atoms with Gasteiger partial charge in [0, 0.05) is 28.8 Å². The van der Waals surface area contributed by atoms with E-state index >= 15 is 0 Å². The van der Waals surface area contributed by atoms with E-state index in [0.717, 1.165) is 10.2 Å². The SMILES string of the molecule is Cc1ccc(NC(=O)[C@@H]2CC(=O)N(c3ccc(Br)cc3)C2)cc1F. The molecule has 1 N–H and O–H groups in total. The van der Waals surface area contributed by atoms with Gasteiger partial charge in [0.05, 0.1) is 5.92 Å². The zero-order valence-electron chi connectivity index (χ0n) is 13.1. The molecule has 0 saturated carbocycles. The maximum absolute atomic E-state index is 13.6. The molecule has 0 unspecified atom stereocenters. The highest BCUT2D eigenvalue weighted by molar-refractivity contribution is 9.10. The van der Waals surface area contributed by atoms with E-state index in [4.69, 9.17) is 0 Å². The van der Waals surface area contributed by atoms with Gasteiger partial charge in [0.1, 0.15) is 5.82 Å². The molecule has 4 nitrogen and oxygen atoms in total. The van der Waals surface area contributed by atoms with Gasteiger partial charge >= 0.3 is 0 Å². The molecule has 124 valence electrons. The molecule has 0 aliphatic carbocycles. The Morgan fingerprint density at radius 1 is 1.25 bits per heavy atom. The van der Waals surface area contributed by atoms with Crippen LogP contribution >= 0.6 is 15.9 Å². The molecule has 6 heteroatoms. The molecule has 2 aromatic carbocycles. The van der Waals surface area contributed by atoms with Crippen molar-refractivity contribution in [3.63, 3.8) is 0 Å². The molecule has 0 bridgehead atoms. The van der Waals surface area contributed by atoms with Gasteiger partial charge in [-0.2, -0.15) is 0 Å². The Labute approximate surface area is 147 Å². The number of benzene rings is 2. The van der Waals surface area contributed by atoms with Crippen LogP contribution in [0.25, 0.3) is 0 Å². The van der Waals surface area contributed by atoms with Crippen molar-refractivity contribution >= 4 is 39.1 Å². The molecule has 1 heterocycles. The third-order valence-electron chi connectivity index (χ3n) is 4.07. The van der Waals surface area contributed by atoms with Gasteiger partial charge < -0.3 is 10.2 Å². The lowest BCUT2D eigenvalue weighted by Crippen LogP contribution is -2.28. The smallest absolute Gasteiger partial charge is 0.229 e. The zero-order chi connectivity index (χ0) is 17.3. The molecule has 3 rings (SSSR count). The topological polar surface area (TPSA) is 49.4 Å². The molecule has 1 atom stereocenters. The van der Waals surface area contributed by atoms with E-state index in [-0.39, 0.29) is 24.1 Å². The first kappa shape index (κ1) is 16.6. The fraction of sp³-hybridized carbons (Fsp3) is 0.222. The predicted octanol–water partition coefficient (Wildman–Crippen LogP) is 3.89. The van der Waals surface area contributed by atoms with Crippen LogP contribution in [-0.4, -0.2) is 18.4 Å². The fourth-order valence-electron chi connectivity index (χ4n) is 2.67. The van der Waals surface area contributed by atoms with Gasteiger partial charge in [0.15, 0.2) is 0 Å². The molecule has 0 aromatic heterocycles. The number of amides is 2. The third-order valence-corrected chi connectivity index (χ3v) is 4.60. The number of hydrogen-bond donors (Lipinski definition) is 1. The molecule has 0 spiro atoms. The van der Waals surface area contributed by atoms with Crippen LogP contribution in [0.4, 0.5) is 15.8 Å². The number of carbonyl (C=O) groups is 2. The summed E-state index contributed by atoms with van der Waals surface area (Å²) >= 11 is 3.35. The highest BCUT2D eigenvalue weighted by Crippen LogP contribution is 2.27. The van der Waals surface area contributed by atoms with Crippen LogP contribution in [0.2, 0.25) is 0 Å². The largest absolute Gasteiger partial charge is 0.326 e. The second kappa shape index (κ2) is 6.73. The van der Waals surface area contributed by atoms with Gasteiger partial charge in [-0.15, -0.1) is 0 Å². The van der Waals surface area contributed by atoms with Crippen molar-refractivity contribution in [2.75, 3.05) is 16.8 Å². The number of halogens is 2. The van der Waals surface area contributed by atoms with Gasteiger partial charge in [0.2, 0.25) is 11.8 Å². The number of carbonyl (C=O) groups excluding carboxylic acids is 2. The average molecular weight is 391 g/mol. The zero-order valence-corrected chi connectivity index (χ0v) is 14.6. The molecule has 2 aromatic rings. The van der Waals surface area contributed by atoms with Gasteiger partial charge in [-0.25, -0.2) is 4.39 Å². The molecule has 1 aliphatic heterocycles. The van der Waals surface area contributed by atoms with Gasteiger partial charge in [-0.3, -0.25) is 9.59 Å². The molecule has 24 heavy (non-hydrogen) atoms. The maximum atomic E-state index is 13.6. The number of nitrogens with one attached hydrogen (secondary N) is 1. The highest BCUT2D eigenvalue weighted by Gasteiger charge is 2.35. The van der Waals surface area contributed by atoms with E-state index in [1.54, 1.807) is 24.0 Å². The van der Waals surface area contributed by atoms with Crippen molar-refractivity contribution in [2.24, 2.45) is 5.92 Å². The lowest BCUT2D eigenvalue weighted by atomic mass is 10.1. The average Bonchev–Trinajstić information content (AvgIpc) is 2.94. The van der Waals surface area contributed by atoms with Gasteiger partial charge in [-0.1, -0.05) is 22.0 Å². The third kappa shape index (κ3) is 3.48. The fourth-order valence-corrected chi connectivity index (χ4v) is 2.93. The van der Waals surface area contributed by atoms with Crippen molar-refractivity contribution < 1.29 is 14.0 Å². The lowest BCUT2D eigenvalue weighted by molar-refractivity contribution is -0.122.